The summed E-state index contributed by atoms with van der Waals surface area (Å²) in [5.74, 6) is -1.47. The number of nitrogens with two attached hydrogens (primary N) is 1. The number of amides is 1. The monoisotopic (exact) mass is 274 g/mol. The van der Waals surface area contributed by atoms with Gasteiger partial charge in [-0.25, -0.2) is 4.79 Å². The SMILES string of the molecule is COC(=O)C(NC(=O)C(C(N)=S)C(C)C)C(C)C. The summed E-state index contributed by atoms with van der Waals surface area (Å²) in [6.45, 7) is 7.36. The summed E-state index contributed by atoms with van der Waals surface area (Å²) in [5, 5.41) is 2.65. The molecule has 0 aliphatic heterocycles. The minimum atomic E-state index is -0.682. The van der Waals surface area contributed by atoms with Gasteiger partial charge in [0.2, 0.25) is 5.91 Å². The Morgan fingerprint density at radius 1 is 1.17 bits per heavy atom. The van der Waals surface area contributed by atoms with Gasteiger partial charge in [0.15, 0.2) is 0 Å². The van der Waals surface area contributed by atoms with Gasteiger partial charge in [0, 0.05) is 0 Å². The number of carbonyl (C=O) groups excluding carboxylic acids is 2. The highest BCUT2D eigenvalue weighted by Crippen LogP contribution is 2.13. The van der Waals surface area contributed by atoms with Crippen molar-refractivity contribution in [3.05, 3.63) is 0 Å². The maximum atomic E-state index is 12.1. The molecule has 18 heavy (non-hydrogen) atoms. The first kappa shape index (κ1) is 16.8. The molecule has 0 aromatic rings. The number of hydrogen-bond acceptors (Lipinski definition) is 4. The second-order valence-electron chi connectivity index (χ2n) is 4.88. The number of thiocarbonyl (C=S) groups is 1. The molecule has 0 aromatic heterocycles. The molecule has 0 aliphatic carbocycles. The van der Waals surface area contributed by atoms with Crippen LogP contribution in [-0.2, 0) is 14.3 Å². The Hall–Kier alpha value is -1.17. The molecule has 2 unspecified atom stereocenters. The van der Waals surface area contributed by atoms with E-state index in [1.807, 2.05) is 27.7 Å². The van der Waals surface area contributed by atoms with Crippen LogP contribution in [0.1, 0.15) is 27.7 Å². The Balaban J connectivity index is 4.88. The second kappa shape index (κ2) is 7.31. The molecular formula is C12H22N2O3S. The minimum absolute atomic E-state index is 0.0204. The van der Waals surface area contributed by atoms with Crippen LogP contribution >= 0.6 is 12.2 Å². The van der Waals surface area contributed by atoms with E-state index in [0.29, 0.717) is 0 Å². The summed E-state index contributed by atoms with van der Waals surface area (Å²) in [6.07, 6.45) is 0. The molecule has 0 spiro atoms. The van der Waals surface area contributed by atoms with Crippen molar-refractivity contribution in [2.45, 2.75) is 33.7 Å². The van der Waals surface area contributed by atoms with Gasteiger partial charge in [-0.3, -0.25) is 4.79 Å². The summed E-state index contributed by atoms with van der Waals surface area (Å²) < 4.78 is 4.66. The van der Waals surface area contributed by atoms with Gasteiger partial charge in [-0.2, -0.15) is 0 Å². The molecule has 2 atom stereocenters. The smallest absolute Gasteiger partial charge is 0.328 e. The predicted octanol–water partition coefficient (Wildman–Crippen LogP) is 0.858. The van der Waals surface area contributed by atoms with E-state index in [1.54, 1.807) is 0 Å². The predicted molar refractivity (Wildman–Crippen MR) is 73.9 cm³/mol. The Morgan fingerprint density at radius 3 is 1.94 bits per heavy atom. The molecule has 0 aliphatic rings. The maximum absolute atomic E-state index is 12.1. The number of hydrogen-bond donors (Lipinski definition) is 2. The average Bonchev–Trinajstić information content (AvgIpc) is 2.23. The van der Waals surface area contributed by atoms with Gasteiger partial charge in [0.1, 0.15) is 6.04 Å². The molecule has 104 valence electrons. The highest BCUT2D eigenvalue weighted by molar-refractivity contribution is 7.80. The second-order valence-corrected chi connectivity index (χ2v) is 5.35. The summed E-state index contributed by atoms with van der Waals surface area (Å²) in [7, 11) is 1.29. The molecule has 0 aromatic carbocycles. The molecule has 1 amide bonds. The zero-order valence-corrected chi connectivity index (χ0v) is 12.3. The lowest BCUT2D eigenvalue weighted by Gasteiger charge is -2.24. The van der Waals surface area contributed by atoms with E-state index < -0.39 is 17.9 Å². The van der Waals surface area contributed by atoms with Crippen LogP contribution in [0.4, 0.5) is 0 Å². The largest absolute Gasteiger partial charge is 0.467 e. The molecule has 0 saturated carbocycles. The number of nitrogens with one attached hydrogen (secondary N) is 1. The van der Waals surface area contributed by atoms with Crippen molar-refractivity contribution in [1.82, 2.24) is 5.32 Å². The molecular weight excluding hydrogens is 252 g/mol. The van der Waals surface area contributed by atoms with E-state index in [4.69, 9.17) is 18.0 Å². The van der Waals surface area contributed by atoms with E-state index in [1.165, 1.54) is 7.11 Å². The fourth-order valence-electron chi connectivity index (χ4n) is 1.63. The van der Waals surface area contributed by atoms with Gasteiger partial charge in [-0.1, -0.05) is 39.9 Å². The van der Waals surface area contributed by atoms with E-state index in [9.17, 15) is 9.59 Å². The average molecular weight is 274 g/mol. The normalized spacial score (nSPS) is 14.2. The van der Waals surface area contributed by atoms with Crippen LogP contribution in [0.2, 0.25) is 0 Å². The summed E-state index contributed by atoms with van der Waals surface area (Å²) in [6, 6.07) is -0.682. The quantitative estimate of drug-likeness (QED) is 0.554. The van der Waals surface area contributed by atoms with Crippen molar-refractivity contribution in [2.24, 2.45) is 23.5 Å². The van der Waals surface area contributed by atoms with E-state index in [2.05, 4.69) is 10.1 Å². The molecule has 0 fully saturated rings. The van der Waals surface area contributed by atoms with Crippen LogP contribution in [0.3, 0.4) is 0 Å². The summed E-state index contributed by atoms with van der Waals surface area (Å²) in [4.78, 5) is 23.8. The van der Waals surface area contributed by atoms with Crippen LogP contribution in [-0.4, -0.2) is 30.0 Å². The van der Waals surface area contributed by atoms with Crippen molar-refractivity contribution < 1.29 is 14.3 Å². The number of carbonyl (C=O) groups is 2. The Morgan fingerprint density at radius 2 is 1.67 bits per heavy atom. The highest BCUT2D eigenvalue weighted by Gasteiger charge is 2.31. The Bertz CT molecular complexity index is 329. The van der Waals surface area contributed by atoms with Gasteiger partial charge in [-0.05, 0) is 11.8 Å². The van der Waals surface area contributed by atoms with E-state index in [0.717, 1.165) is 0 Å². The Kier molecular flexibility index (Phi) is 6.83. The van der Waals surface area contributed by atoms with Gasteiger partial charge in [-0.15, -0.1) is 0 Å². The minimum Gasteiger partial charge on any atom is -0.467 e. The maximum Gasteiger partial charge on any atom is 0.328 e. The van der Waals surface area contributed by atoms with Crippen LogP contribution < -0.4 is 11.1 Å². The lowest BCUT2D eigenvalue weighted by Crippen LogP contribution is -2.50. The number of methoxy groups -OCH3 is 1. The van der Waals surface area contributed by atoms with Crippen LogP contribution in [0.5, 0.6) is 0 Å². The zero-order chi connectivity index (χ0) is 14.5. The molecule has 0 saturated heterocycles. The van der Waals surface area contributed by atoms with Crippen molar-refractivity contribution in [3.63, 3.8) is 0 Å². The van der Waals surface area contributed by atoms with Crippen LogP contribution in [0.15, 0.2) is 0 Å². The van der Waals surface area contributed by atoms with Crippen molar-refractivity contribution in [1.29, 1.82) is 0 Å². The van der Waals surface area contributed by atoms with E-state index >= 15 is 0 Å². The molecule has 0 radical (unpaired) electrons. The zero-order valence-electron chi connectivity index (χ0n) is 11.5. The first-order valence-corrected chi connectivity index (χ1v) is 6.30. The highest BCUT2D eigenvalue weighted by atomic mass is 32.1. The van der Waals surface area contributed by atoms with Gasteiger partial charge in [0.25, 0.3) is 0 Å². The number of rotatable bonds is 6. The molecule has 6 heteroatoms. The van der Waals surface area contributed by atoms with Crippen LogP contribution in [0.25, 0.3) is 0 Å². The van der Waals surface area contributed by atoms with Crippen molar-refractivity contribution in [2.75, 3.05) is 7.11 Å². The van der Waals surface area contributed by atoms with Crippen molar-refractivity contribution >= 4 is 29.1 Å². The summed E-state index contributed by atoms with van der Waals surface area (Å²) >= 11 is 4.88. The third-order valence-corrected chi connectivity index (χ3v) is 2.93. The lowest BCUT2D eigenvalue weighted by molar-refractivity contribution is -0.146. The lowest BCUT2D eigenvalue weighted by atomic mass is 9.93. The first-order chi connectivity index (χ1) is 8.22. The number of ether oxygens (including phenoxy) is 1. The van der Waals surface area contributed by atoms with Gasteiger partial charge in [0.05, 0.1) is 18.0 Å². The third kappa shape index (κ3) is 4.60. The molecule has 0 rings (SSSR count). The molecule has 0 bridgehead atoms. The first-order valence-electron chi connectivity index (χ1n) is 5.89. The van der Waals surface area contributed by atoms with Gasteiger partial charge >= 0.3 is 5.97 Å². The molecule has 5 nitrogen and oxygen atoms in total. The fourth-order valence-corrected chi connectivity index (χ4v) is 2.01. The topological polar surface area (TPSA) is 81.4 Å². The summed E-state index contributed by atoms with van der Waals surface area (Å²) in [5.41, 5.74) is 5.55. The number of esters is 1. The standard InChI is InChI=1S/C12H22N2O3S/c1-6(2)8(10(13)18)11(15)14-9(7(3)4)12(16)17-5/h6-9H,1-5H3,(H2,13,18)(H,14,15). The van der Waals surface area contributed by atoms with Crippen LogP contribution in [0, 0.1) is 17.8 Å². The van der Waals surface area contributed by atoms with E-state index in [-0.39, 0.29) is 22.7 Å². The Labute approximate surface area is 113 Å². The fraction of sp³-hybridized carbons (Fsp3) is 0.750. The van der Waals surface area contributed by atoms with Gasteiger partial charge < -0.3 is 15.8 Å². The molecule has 0 heterocycles. The molecule has 3 N–H and O–H groups in total. The van der Waals surface area contributed by atoms with Crippen molar-refractivity contribution in [3.8, 4) is 0 Å². The third-order valence-electron chi connectivity index (χ3n) is 2.68.